The number of hydrogen-bond acceptors (Lipinski definition) is 3. The molecule has 1 unspecified atom stereocenters. The topological polar surface area (TPSA) is 70.8 Å². The summed E-state index contributed by atoms with van der Waals surface area (Å²) in [6, 6.07) is 1.30. The summed E-state index contributed by atoms with van der Waals surface area (Å²) in [6.45, 7) is 5.86. The predicted octanol–water partition coefficient (Wildman–Crippen LogP) is 2.88. The van der Waals surface area contributed by atoms with Crippen LogP contribution in [0.5, 0.6) is 0 Å². The van der Waals surface area contributed by atoms with Crippen molar-refractivity contribution in [3.63, 3.8) is 0 Å². The number of carboxylic acids is 1. The molecule has 0 spiro atoms. The van der Waals surface area contributed by atoms with Crippen LogP contribution in [-0.2, 0) is 0 Å². The Morgan fingerprint density at radius 3 is 2.70 bits per heavy atom. The maximum Gasteiger partial charge on any atom is 0.338 e. The Labute approximate surface area is 118 Å². The molecule has 1 aromatic rings. The molecule has 1 fully saturated rings. The second-order valence-electron chi connectivity index (χ2n) is 5.73. The van der Waals surface area contributed by atoms with Gasteiger partial charge in [-0.25, -0.2) is 4.79 Å². The van der Waals surface area contributed by atoms with Crippen molar-refractivity contribution in [1.29, 1.82) is 0 Å². The fourth-order valence-electron chi connectivity index (χ4n) is 2.71. The molecule has 0 aromatic carbocycles. The third-order valence-corrected chi connectivity index (χ3v) is 4.06. The van der Waals surface area contributed by atoms with Crippen molar-refractivity contribution in [2.45, 2.75) is 33.1 Å². The molecule has 1 aromatic heterocycles. The van der Waals surface area contributed by atoms with E-state index in [1.165, 1.54) is 6.07 Å². The Hall–Kier alpha value is -1.78. The Balaban J connectivity index is 2.03. The van der Waals surface area contributed by atoms with Crippen LogP contribution < -0.4 is 0 Å². The number of rotatable bonds is 3. The van der Waals surface area contributed by atoms with Gasteiger partial charge in [0.15, 0.2) is 5.76 Å². The van der Waals surface area contributed by atoms with E-state index in [4.69, 9.17) is 9.52 Å². The van der Waals surface area contributed by atoms with E-state index < -0.39 is 5.97 Å². The summed E-state index contributed by atoms with van der Waals surface area (Å²) in [5.41, 5.74) is 0.0169. The fraction of sp³-hybridized carbons (Fsp3) is 0.600. The van der Waals surface area contributed by atoms with Crippen molar-refractivity contribution < 1.29 is 19.1 Å². The minimum absolute atomic E-state index is 0.0169. The maximum atomic E-state index is 12.3. The van der Waals surface area contributed by atoms with Gasteiger partial charge in [0.05, 0.1) is 5.56 Å². The molecule has 1 saturated heterocycles. The van der Waals surface area contributed by atoms with Crippen LogP contribution in [0.4, 0.5) is 0 Å². The third kappa shape index (κ3) is 3.21. The standard InChI is InChI=1S/C15H21NO4/c1-10(2)11-4-3-6-16(7-5-11)14(17)13-8-12(9-20-13)15(18)19/h8-11H,3-7H2,1-2H3,(H,18,19). The first-order chi connectivity index (χ1) is 9.49. The molecule has 2 rings (SSSR count). The minimum Gasteiger partial charge on any atom is -0.478 e. The average molecular weight is 279 g/mol. The highest BCUT2D eigenvalue weighted by Gasteiger charge is 2.25. The number of likely N-dealkylation sites (tertiary alicyclic amines) is 1. The average Bonchev–Trinajstić information content (AvgIpc) is 2.76. The summed E-state index contributed by atoms with van der Waals surface area (Å²) in [6.07, 6.45) is 4.24. The molecule has 0 bridgehead atoms. The van der Waals surface area contributed by atoms with E-state index in [1.807, 2.05) is 0 Å². The van der Waals surface area contributed by atoms with Crippen molar-refractivity contribution in [3.8, 4) is 0 Å². The van der Waals surface area contributed by atoms with E-state index in [2.05, 4.69) is 13.8 Å². The lowest BCUT2D eigenvalue weighted by molar-refractivity contribution is 0.0694. The molecule has 0 aliphatic carbocycles. The van der Waals surface area contributed by atoms with Gasteiger partial charge < -0.3 is 14.4 Å². The van der Waals surface area contributed by atoms with E-state index >= 15 is 0 Å². The normalized spacial score (nSPS) is 19.9. The highest BCUT2D eigenvalue weighted by atomic mass is 16.4. The molecule has 0 radical (unpaired) electrons. The number of furan rings is 1. The minimum atomic E-state index is -1.08. The van der Waals surface area contributed by atoms with E-state index in [9.17, 15) is 9.59 Å². The van der Waals surface area contributed by atoms with Crippen LogP contribution in [0.1, 0.15) is 54.0 Å². The van der Waals surface area contributed by atoms with Gasteiger partial charge in [-0.2, -0.15) is 0 Å². The van der Waals surface area contributed by atoms with Gasteiger partial charge in [-0.15, -0.1) is 0 Å². The molecule has 1 atom stereocenters. The van der Waals surface area contributed by atoms with Gasteiger partial charge in [0, 0.05) is 19.2 Å². The van der Waals surface area contributed by atoms with Gasteiger partial charge in [-0.05, 0) is 31.1 Å². The van der Waals surface area contributed by atoms with Crippen molar-refractivity contribution in [1.82, 2.24) is 4.90 Å². The predicted molar refractivity (Wildman–Crippen MR) is 73.7 cm³/mol. The van der Waals surface area contributed by atoms with E-state index in [1.54, 1.807) is 4.90 Å². The van der Waals surface area contributed by atoms with Gasteiger partial charge in [0.2, 0.25) is 0 Å². The smallest absolute Gasteiger partial charge is 0.338 e. The molecular weight excluding hydrogens is 258 g/mol. The molecule has 20 heavy (non-hydrogen) atoms. The first kappa shape index (κ1) is 14.6. The van der Waals surface area contributed by atoms with E-state index in [0.29, 0.717) is 24.9 Å². The summed E-state index contributed by atoms with van der Waals surface area (Å²) in [5.74, 6) is 0.113. The largest absolute Gasteiger partial charge is 0.478 e. The molecule has 2 heterocycles. The number of carbonyl (C=O) groups excluding carboxylic acids is 1. The summed E-state index contributed by atoms with van der Waals surface area (Å²) in [5, 5.41) is 8.85. The Morgan fingerprint density at radius 1 is 1.35 bits per heavy atom. The van der Waals surface area contributed by atoms with E-state index in [-0.39, 0.29) is 17.2 Å². The highest BCUT2D eigenvalue weighted by Crippen LogP contribution is 2.25. The van der Waals surface area contributed by atoms with Crippen molar-refractivity contribution in [2.75, 3.05) is 13.1 Å². The zero-order chi connectivity index (χ0) is 14.7. The number of aromatic carboxylic acids is 1. The van der Waals surface area contributed by atoms with Gasteiger partial charge >= 0.3 is 5.97 Å². The van der Waals surface area contributed by atoms with Gasteiger partial charge in [0.1, 0.15) is 6.26 Å². The summed E-state index contributed by atoms with van der Waals surface area (Å²) in [4.78, 5) is 24.9. The fourth-order valence-corrected chi connectivity index (χ4v) is 2.71. The molecule has 5 heteroatoms. The lowest BCUT2D eigenvalue weighted by atomic mass is 9.89. The second kappa shape index (κ2) is 6.11. The van der Waals surface area contributed by atoms with Crippen molar-refractivity contribution in [3.05, 3.63) is 23.7 Å². The maximum absolute atomic E-state index is 12.3. The molecular formula is C15H21NO4. The van der Waals surface area contributed by atoms with Gasteiger partial charge in [-0.1, -0.05) is 13.8 Å². The Morgan fingerprint density at radius 2 is 2.10 bits per heavy atom. The number of carbonyl (C=O) groups is 2. The summed E-state index contributed by atoms with van der Waals surface area (Å²) >= 11 is 0. The van der Waals surface area contributed by atoms with Crippen molar-refractivity contribution in [2.24, 2.45) is 11.8 Å². The number of hydrogen-bond donors (Lipinski definition) is 1. The number of amides is 1. The second-order valence-corrected chi connectivity index (χ2v) is 5.73. The molecule has 0 saturated carbocycles. The van der Waals surface area contributed by atoms with Crippen LogP contribution in [0.15, 0.2) is 16.7 Å². The highest BCUT2D eigenvalue weighted by molar-refractivity contribution is 5.95. The van der Waals surface area contributed by atoms with Gasteiger partial charge in [-0.3, -0.25) is 4.79 Å². The third-order valence-electron chi connectivity index (χ3n) is 4.06. The number of carboxylic acid groups (broad SMARTS) is 1. The van der Waals surface area contributed by atoms with Crippen LogP contribution >= 0.6 is 0 Å². The zero-order valence-electron chi connectivity index (χ0n) is 12.0. The van der Waals surface area contributed by atoms with Crippen molar-refractivity contribution >= 4 is 11.9 Å². The van der Waals surface area contributed by atoms with Crippen LogP contribution in [0.2, 0.25) is 0 Å². The lowest BCUT2D eigenvalue weighted by Gasteiger charge is -2.20. The SMILES string of the molecule is CC(C)C1CCCN(C(=O)c2cc(C(=O)O)co2)CC1. The number of nitrogens with zero attached hydrogens (tertiary/aromatic N) is 1. The molecule has 1 amide bonds. The molecule has 5 nitrogen and oxygen atoms in total. The van der Waals surface area contributed by atoms with Crippen LogP contribution in [0.25, 0.3) is 0 Å². The first-order valence-electron chi connectivity index (χ1n) is 7.10. The van der Waals surface area contributed by atoms with Gasteiger partial charge in [0.25, 0.3) is 5.91 Å². The zero-order valence-corrected chi connectivity index (χ0v) is 12.0. The van der Waals surface area contributed by atoms with E-state index in [0.717, 1.165) is 25.5 Å². The molecule has 1 aliphatic heterocycles. The summed E-state index contributed by atoms with van der Waals surface area (Å²) in [7, 11) is 0. The van der Waals surface area contributed by atoms with Crippen LogP contribution in [0.3, 0.4) is 0 Å². The molecule has 110 valence electrons. The molecule has 1 N–H and O–H groups in total. The summed E-state index contributed by atoms with van der Waals surface area (Å²) < 4.78 is 5.08. The lowest BCUT2D eigenvalue weighted by Crippen LogP contribution is -2.31. The Bertz CT molecular complexity index is 492. The quantitative estimate of drug-likeness (QED) is 0.923. The monoisotopic (exact) mass is 279 g/mol. The van der Waals surface area contributed by atoms with Crippen LogP contribution in [0, 0.1) is 11.8 Å². The molecule has 1 aliphatic rings. The Kier molecular flexibility index (Phi) is 4.47. The van der Waals surface area contributed by atoms with Crippen LogP contribution in [-0.4, -0.2) is 35.0 Å². The first-order valence-corrected chi connectivity index (χ1v) is 7.10.